The van der Waals surface area contributed by atoms with Crippen LogP contribution in [-0.2, 0) is 0 Å². The number of nitrogens with one attached hydrogen (secondary N) is 1. The Kier molecular flexibility index (Phi) is 6.91. The third kappa shape index (κ3) is 5.05. The number of carbonyl (C=O) groups excluding carboxylic acids is 1. The molecule has 190 valence electrons. The van der Waals surface area contributed by atoms with Gasteiger partial charge < -0.3 is 25.4 Å². The molecule has 5 rings (SSSR count). The number of aromatic nitrogens is 3. The number of methoxy groups -OCH3 is 1. The summed E-state index contributed by atoms with van der Waals surface area (Å²) in [6.45, 7) is 0.966. The van der Waals surface area contributed by atoms with Gasteiger partial charge in [0.25, 0.3) is 5.91 Å². The Morgan fingerprint density at radius 2 is 2.05 bits per heavy atom. The highest BCUT2D eigenvalue weighted by Gasteiger charge is 2.28. The molecular formula is C26H24ClFN6O3. The Morgan fingerprint density at radius 3 is 2.86 bits per heavy atom. The van der Waals surface area contributed by atoms with Gasteiger partial charge >= 0.3 is 0 Å². The number of nitrogen functional groups attached to an aromatic ring is 1. The number of rotatable bonds is 6. The minimum Gasteiger partial charge on any atom is -0.493 e. The molecule has 2 aromatic heterocycles. The second-order valence-electron chi connectivity index (χ2n) is 8.54. The maximum atomic E-state index is 14.5. The van der Waals surface area contributed by atoms with Crippen molar-refractivity contribution in [2.24, 2.45) is 0 Å². The number of piperidine rings is 1. The van der Waals surface area contributed by atoms with Crippen molar-refractivity contribution >= 4 is 45.7 Å². The van der Waals surface area contributed by atoms with Gasteiger partial charge in [0.05, 0.1) is 35.4 Å². The van der Waals surface area contributed by atoms with Gasteiger partial charge in [-0.2, -0.15) is 0 Å². The summed E-state index contributed by atoms with van der Waals surface area (Å²) < 4.78 is 26.4. The highest BCUT2D eigenvalue weighted by atomic mass is 35.5. The summed E-state index contributed by atoms with van der Waals surface area (Å²) in [5, 5.41) is 3.59. The number of fused-ring (bicyclic) bond motifs is 1. The molecular weight excluding hydrogens is 499 g/mol. The second kappa shape index (κ2) is 10.4. The number of pyridine rings is 1. The monoisotopic (exact) mass is 522 g/mol. The Balaban J connectivity index is 1.42. The van der Waals surface area contributed by atoms with Gasteiger partial charge in [0.2, 0.25) is 0 Å². The average Bonchev–Trinajstić information content (AvgIpc) is 2.91. The normalized spacial score (nSPS) is 15.4. The summed E-state index contributed by atoms with van der Waals surface area (Å²) in [5.74, 6) is 0.745. The lowest BCUT2D eigenvalue weighted by atomic mass is 10.1. The molecule has 1 saturated heterocycles. The van der Waals surface area contributed by atoms with E-state index < -0.39 is 5.82 Å². The van der Waals surface area contributed by atoms with Gasteiger partial charge in [-0.1, -0.05) is 17.7 Å². The van der Waals surface area contributed by atoms with Crippen molar-refractivity contribution in [3.05, 3.63) is 71.4 Å². The van der Waals surface area contributed by atoms with E-state index in [2.05, 4.69) is 20.3 Å². The van der Waals surface area contributed by atoms with Gasteiger partial charge in [-0.05, 0) is 43.2 Å². The van der Waals surface area contributed by atoms with Crippen LogP contribution in [0.2, 0.25) is 5.02 Å². The lowest BCUT2D eigenvalue weighted by molar-refractivity contribution is 0.0533. The predicted octanol–water partition coefficient (Wildman–Crippen LogP) is 4.84. The number of amides is 1. The molecule has 0 saturated carbocycles. The van der Waals surface area contributed by atoms with Gasteiger partial charge in [-0.15, -0.1) is 0 Å². The number of nitrogens with two attached hydrogens (primary N) is 1. The molecule has 3 N–H and O–H groups in total. The van der Waals surface area contributed by atoms with E-state index in [-0.39, 0.29) is 28.5 Å². The summed E-state index contributed by atoms with van der Waals surface area (Å²) in [7, 11) is 1.54. The molecule has 0 radical (unpaired) electrons. The zero-order valence-corrected chi connectivity index (χ0v) is 20.7. The van der Waals surface area contributed by atoms with E-state index >= 15 is 0 Å². The topological polar surface area (TPSA) is 115 Å². The zero-order valence-electron chi connectivity index (χ0n) is 19.9. The minimum atomic E-state index is -0.581. The highest BCUT2D eigenvalue weighted by molar-refractivity contribution is 6.31. The molecule has 9 nitrogen and oxygen atoms in total. The minimum absolute atomic E-state index is 0.00140. The molecule has 3 heterocycles. The van der Waals surface area contributed by atoms with Gasteiger partial charge in [0.1, 0.15) is 24.1 Å². The fourth-order valence-corrected chi connectivity index (χ4v) is 4.48. The molecule has 0 spiro atoms. The number of anilines is 3. The number of nitrogens with zero attached hydrogens (tertiary/aromatic N) is 4. The van der Waals surface area contributed by atoms with E-state index in [1.807, 2.05) is 0 Å². The summed E-state index contributed by atoms with van der Waals surface area (Å²) in [6.07, 6.45) is 4.15. The first-order valence-electron chi connectivity index (χ1n) is 11.6. The highest BCUT2D eigenvalue weighted by Crippen LogP contribution is 2.36. The van der Waals surface area contributed by atoms with Crippen LogP contribution in [0.5, 0.6) is 11.5 Å². The fraction of sp³-hybridized carbons (Fsp3) is 0.231. The van der Waals surface area contributed by atoms with Crippen LogP contribution in [0.3, 0.4) is 0 Å². The third-order valence-electron chi connectivity index (χ3n) is 6.15. The zero-order chi connectivity index (χ0) is 25.9. The molecule has 1 aliphatic rings. The molecule has 1 atom stereocenters. The molecule has 4 aromatic rings. The van der Waals surface area contributed by atoms with Crippen molar-refractivity contribution < 1.29 is 18.7 Å². The Morgan fingerprint density at radius 1 is 1.19 bits per heavy atom. The summed E-state index contributed by atoms with van der Waals surface area (Å²) in [6, 6.07) is 11.5. The van der Waals surface area contributed by atoms with Gasteiger partial charge in [0.15, 0.2) is 17.3 Å². The number of carbonyl (C=O) groups is 1. The molecule has 1 fully saturated rings. The van der Waals surface area contributed by atoms with Crippen molar-refractivity contribution in [3.63, 3.8) is 0 Å². The summed E-state index contributed by atoms with van der Waals surface area (Å²) in [4.78, 5) is 27.4. The van der Waals surface area contributed by atoms with E-state index in [1.54, 1.807) is 47.5 Å². The summed E-state index contributed by atoms with van der Waals surface area (Å²) in [5.41, 5.74) is 7.04. The predicted molar refractivity (Wildman–Crippen MR) is 139 cm³/mol. The molecule has 2 aromatic carbocycles. The molecule has 0 aliphatic carbocycles. The van der Waals surface area contributed by atoms with E-state index in [0.717, 1.165) is 12.8 Å². The van der Waals surface area contributed by atoms with Gasteiger partial charge in [0, 0.05) is 24.2 Å². The lowest BCUT2D eigenvalue weighted by Gasteiger charge is -2.33. The SMILES string of the molecule is COc1cc2ncnc(Nc3cccc(Cl)c3F)c2cc1O[C@@H]1CCCN(C(=O)c2cccnc2N)C1. The van der Waals surface area contributed by atoms with Crippen LogP contribution in [-0.4, -0.2) is 52.1 Å². The Bertz CT molecular complexity index is 1470. The van der Waals surface area contributed by atoms with Crippen LogP contribution >= 0.6 is 11.6 Å². The van der Waals surface area contributed by atoms with Crippen molar-refractivity contribution in [3.8, 4) is 11.5 Å². The first-order chi connectivity index (χ1) is 17.9. The molecule has 0 bridgehead atoms. The second-order valence-corrected chi connectivity index (χ2v) is 8.95. The number of hydrogen-bond donors (Lipinski definition) is 2. The first kappa shape index (κ1) is 24.5. The number of benzene rings is 2. The van der Waals surface area contributed by atoms with Crippen molar-refractivity contribution in [1.82, 2.24) is 19.9 Å². The Labute approximate surface area is 217 Å². The van der Waals surface area contributed by atoms with Crippen LogP contribution in [0.4, 0.5) is 21.7 Å². The fourth-order valence-electron chi connectivity index (χ4n) is 4.31. The standard InChI is InChI=1S/C26H24ClFN6O3/c1-36-21-12-20-17(25(32-14-31-20)33-19-8-2-7-18(27)23(19)28)11-22(21)37-15-5-4-10-34(13-15)26(35)16-6-3-9-30-24(16)29/h2-3,6-9,11-12,14-15H,4-5,10,13H2,1H3,(H2,29,30)(H,31,32,33)/t15-/m1/s1. The quantitative estimate of drug-likeness (QED) is 0.370. The van der Waals surface area contributed by atoms with E-state index in [1.165, 1.54) is 19.5 Å². The molecule has 37 heavy (non-hydrogen) atoms. The maximum absolute atomic E-state index is 14.5. The maximum Gasteiger partial charge on any atom is 0.257 e. The van der Waals surface area contributed by atoms with Gasteiger partial charge in [-0.3, -0.25) is 4.79 Å². The van der Waals surface area contributed by atoms with Crippen molar-refractivity contribution in [2.45, 2.75) is 18.9 Å². The lowest BCUT2D eigenvalue weighted by Crippen LogP contribution is -2.44. The number of ether oxygens (including phenoxy) is 2. The van der Waals surface area contributed by atoms with Crippen LogP contribution < -0.4 is 20.5 Å². The molecule has 0 unspecified atom stereocenters. The third-order valence-corrected chi connectivity index (χ3v) is 6.45. The van der Waals surface area contributed by atoms with Crippen molar-refractivity contribution in [2.75, 3.05) is 31.2 Å². The van der Waals surface area contributed by atoms with E-state index in [9.17, 15) is 9.18 Å². The molecule has 1 amide bonds. The molecule has 1 aliphatic heterocycles. The van der Waals surface area contributed by atoms with Gasteiger partial charge in [-0.25, -0.2) is 19.3 Å². The van der Waals surface area contributed by atoms with Crippen molar-refractivity contribution in [1.29, 1.82) is 0 Å². The Hall–Kier alpha value is -4.18. The average molecular weight is 523 g/mol. The smallest absolute Gasteiger partial charge is 0.257 e. The summed E-state index contributed by atoms with van der Waals surface area (Å²) >= 11 is 5.93. The van der Waals surface area contributed by atoms with E-state index in [0.29, 0.717) is 46.9 Å². The number of halogens is 2. The van der Waals surface area contributed by atoms with Crippen LogP contribution in [0.15, 0.2) is 55.0 Å². The van der Waals surface area contributed by atoms with Crippen LogP contribution in [0, 0.1) is 5.82 Å². The largest absolute Gasteiger partial charge is 0.493 e. The molecule has 11 heteroatoms. The van der Waals surface area contributed by atoms with Crippen LogP contribution in [0.1, 0.15) is 23.2 Å². The number of hydrogen-bond acceptors (Lipinski definition) is 8. The van der Waals surface area contributed by atoms with E-state index in [4.69, 9.17) is 26.8 Å². The first-order valence-corrected chi connectivity index (χ1v) is 12.0. The number of likely N-dealkylation sites (tertiary alicyclic amines) is 1. The van der Waals surface area contributed by atoms with Crippen LogP contribution in [0.25, 0.3) is 10.9 Å².